The summed E-state index contributed by atoms with van der Waals surface area (Å²) in [7, 11) is 0. The fraction of sp³-hybridized carbons (Fsp3) is 0.294. The van der Waals surface area contributed by atoms with Gasteiger partial charge in [-0.25, -0.2) is 0 Å². The molecule has 0 aliphatic carbocycles. The summed E-state index contributed by atoms with van der Waals surface area (Å²) in [5.74, 6) is -0.270. The van der Waals surface area contributed by atoms with Gasteiger partial charge in [-0.05, 0) is 35.7 Å². The molecule has 1 aromatic carbocycles. The van der Waals surface area contributed by atoms with E-state index < -0.39 is 0 Å². The second-order valence-electron chi connectivity index (χ2n) is 5.38. The molecule has 1 aliphatic rings. The van der Waals surface area contributed by atoms with E-state index >= 15 is 0 Å². The van der Waals surface area contributed by atoms with Gasteiger partial charge >= 0.3 is 5.97 Å². The maximum atomic E-state index is 11.0. The second-order valence-corrected chi connectivity index (χ2v) is 6.48. The Hall–Kier alpha value is -2.16. The van der Waals surface area contributed by atoms with E-state index in [1.54, 1.807) is 11.3 Å². The zero-order valence-corrected chi connectivity index (χ0v) is 13.2. The van der Waals surface area contributed by atoms with E-state index in [2.05, 4.69) is 11.0 Å². The highest BCUT2D eigenvalue weighted by molar-refractivity contribution is 7.14. The van der Waals surface area contributed by atoms with Gasteiger partial charge in [-0.1, -0.05) is 12.1 Å². The molecule has 1 aliphatic heterocycles. The number of esters is 1. The zero-order chi connectivity index (χ0) is 15.5. The first-order chi connectivity index (χ1) is 10.6. The molecule has 4 nitrogen and oxygen atoms in total. The van der Waals surface area contributed by atoms with Crippen LogP contribution in [0.3, 0.4) is 0 Å². The number of rotatable bonds is 3. The Morgan fingerprint density at radius 2 is 2.18 bits per heavy atom. The number of hydrogen-bond acceptors (Lipinski definition) is 5. The maximum Gasteiger partial charge on any atom is 0.308 e. The Morgan fingerprint density at radius 1 is 1.41 bits per heavy atom. The molecule has 0 amide bonds. The van der Waals surface area contributed by atoms with Crippen molar-refractivity contribution in [3.05, 3.63) is 51.9 Å². The molecule has 22 heavy (non-hydrogen) atoms. The lowest BCUT2D eigenvalue weighted by Crippen LogP contribution is -2.29. The van der Waals surface area contributed by atoms with Crippen molar-refractivity contribution in [2.45, 2.75) is 26.4 Å². The number of nitriles is 1. The highest BCUT2D eigenvalue weighted by Gasteiger charge is 2.20. The van der Waals surface area contributed by atoms with Gasteiger partial charge in [0.1, 0.15) is 0 Å². The van der Waals surface area contributed by atoms with Crippen LogP contribution in [0.5, 0.6) is 5.06 Å². The second kappa shape index (κ2) is 6.30. The van der Waals surface area contributed by atoms with Gasteiger partial charge in [-0.3, -0.25) is 9.69 Å². The first-order valence-corrected chi connectivity index (χ1v) is 7.97. The summed E-state index contributed by atoms with van der Waals surface area (Å²) < 4.78 is 5.18. The van der Waals surface area contributed by atoms with E-state index in [1.807, 2.05) is 30.3 Å². The van der Waals surface area contributed by atoms with E-state index in [0.717, 1.165) is 26.1 Å². The minimum atomic E-state index is -0.270. The Morgan fingerprint density at radius 3 is 2.86 bits per heavy atom. The molecule has 0 atom stereocenters. The molecule has 0 radical (unpaired) electrons. The van der Waals surface area contributed by atoms with Gasteiger partial charge in [0.2, 0.25) is 0 Å². The van der Waals surface area contributed by atoms with Crippen LogP contribution in [-0.4, -0.2) is 17.4 Å². The SMILES string of the molecule is CC(=O)Oc1cc2c(s1)CCN(Cc1ccc(C#N)cc1)C2. The number of nitrogens with zero attached hydrogens (tertiary/aromatic N) is 2. The van der Waals surface area contributed by atoms with Gasteiger partial charge in [0.05, 0.1) is 11.6 Å². The molecule has 2 heterocycles. The quantitative estimate of drug-likeness (QED) is 0.817. The van der Waals surface area contributed by atoms with E-state index in [9.17, 15) is 4.79 Å². The summed E-state index contributed by atoms with van der Waals surface area (Å²) in [6.07, 6.45) is 0.984. The van der Waals surface area contributed by atoms with Crippen LogP contribution in [0, 0.1) is 11.3 Å². The van der Waals surface area contributed by atoms with Crippen molar-refractivity contribution in [3.63, 3.8) is 0 Å². The third-order valence-corrected chi connectivity index (χ3v) is 4.77. The molecule has 0 saturated heterocycles. The van der Waals surface area contributed by atoms with Crippen LogP contribution in [0.25, 0.3) is 0 Å². The van der Waals surface area contributed by atoms with Crippen LogP contribution in [0.2, 0.25) is 0 Å². The molecule has 0 saturated carbocycles. The lowest BCUT2D eigenvalue weighted by Gasteiger charge is -2.26. The predicted octanol–water partition coefficient (Wildman–Crippen LogP) is 3.10. The summed E-state index contributed by atoms with van der Waals surface area (Å²) >= 11 is 1.57. The highest BCUT2D eigenvalue weighted by atomic mass is 32.1. The maximum absolute atomic E-state index is 11.0. The largest absolute Gasteiger partial charge is 0.416 e. The van der Waals surface area contributed by atoms with E-state index in [4.69, 9.17) is 10.00 Å². The molecular weight excluding hydrogens is 296 g/mol. The highest BCUT2D eigenvalue weighted by Crippen LogP contribution is 2.33. The Balaban J connectivity index is 1.67. The van der Waals surface area contributed by atoms with Crippen LogP contribution in [0.15, 0.2) is 30.3 Å². The fourth-order valence-electron chi connectivity index (χ4n) is 2.63. The molecule has 0 fully saturated rings. The van der Waals surface area contributed by atoms with Gasteiger partial charge in [0.25, 0.3) is 0 Å². The smallest absolute Gasteiger partial charge is 0.308 e. The first-order valence-electron chi connectivity index (χ1n) is 7.15. The molecule has 1 aromatic heterocycles. The van der Waals surface area contributed by atoms with Crippen LogP contribution in [0.1, 0.15) is 28.5 Å². The Kier molecular flexibility index (Phi) is 4.23. The summed E-state index contributed by atoms with van der Waals surface area (Å²) in [5.41, 5.74) is 3.15. The predicted molar refractivity (Wildman–Crippen MR) is 84.6 cm³/mol. The molecule has 112 valence electrons. The van der Waals surface area contributed by atoms with Crippen LogP contribution >= 0.6 is 11.3 Å². The lowest BCUT2D eigenvalue weighted by molar-refractivity contribution is -0.131. The fourth-order valence-corrected chi connectivity index (χ4v) is 3.68. The lowest BCUT2D eigenvalue weighted by atomic mass is 10.1. The summed E-state index contributed by atoms with van der Waals surface area (Å²) in [6, 6.07) is 11.8. The minimum Gasteiger partial charge on any atom is -0.416 e. The van der Waals surface area contributed by atoms with Crippen molar-refractivity contribution in [1.82, 2.24) is 4.90 Å². The average molecular weight is 312 g/mol. The number of ether oxygens (including phenoxy) is 1. The summed E-state index contributed by atoms with van der Waals surface area (Å²) in [5, 5.41) is 9.52. The van der Waals surface area contributed by atoms with Gasteiger partial charge in [0, 0.05) is 31.4 Å². The summed E-state index contributed by atoms with van der Waals surface area (Å²) in [4.78, 5) is 14.7. The van der Waals surface area contributed by atoms with Crippen molar-refractivity contribution in [1.29, 1.82) is 5.26 Å². The average Bonchev–Trinajstić information content (AvgIpc) is 2.88. The minimum absolute atomic E-state index is 0.270. The number of thiophene rings is 1. The van der Waals surface area contributed by atoms with Crippen LogP contribution < -0.4 is 4.74 Å². The number of carbonyl (C=O) groups is 1. The molecule has 2 aromatic rings. The molecule has 0 N–H and O–H groups in total. The topological polar surface area (TPSA) is 53.3 Å². The standard InChI is InChI=1S/C17H16N2O2S/c1-12(20)21-17-8-15-11-19(7-6-16(15)22-17)10-14-4-2-13(9-18)3-5-14/h2-5,8H,6-7,10-11H2,1H3. The van der Waals surface area contributed by atoms with Gasteiger partial charge < -0.3 is 4.74 Å². The number of carbonyl (C=O) groups excluding carboxylic acids is 1. The van der Waals surface area contributed by atoms with Crippen molar-refractivity contribution < 1.29 is 9.53 Å². The molecule has 0 unspecified atom stereocenters. The number of benzene rings is 1. The van der Waals surface area contributed by atoms with E-state index in [0.29, 0.717) is 10.6 Å². The third-order valence-electron chi connectivity index (χ3n) is 3.66. The Bertz CT molecular complexity index is 728. The van der Waals surface area contributed by atoms with E-state index in [1.165, 1.54) is 22.9 Å². The molecule has 0 bridgehead atoms. The van der Waals surface area contributed by atoms with Crippen molar-refractivity contribution in [2.75, 3.05) is 6.54 Å². The molecular formula is C17H16N2O2S. The first kappa shape index (κ1) is 14.8. The van der Waals surface area contributed by atoms with Crippen molar-refractivity contribution >= 4 is 17.3 Å². The molecule has 5 heteroatoms. The third kappa shape index (κ3) is 3.35. The van der Waals surface area contributed by atoms with E-state index in [-0.39, 0.29) is 5.97 Å². The van der Waals surface area contributed by atoms with Crippen molar-refractivity contribution in [3.8, 4) is 11.1 Å². The van der Waals surface area contributed by atoms with Crippen molar-refractivity contribution in [2.24, 2.45) is 0 Å². The molecule has 0 spiro atoms. The van der Waals surface area contributed by atoms with Gasteiger partial charge in [-0.2, -0.15) is 5.26 Å². The van der Waals surface area contributed by atoms with Crippen LogP contribution in [-0.2, 0) is 24.3 Å². The Labute approximate surface area is 133 Å². The number of hydrogen-bond donors (Lipinski definition) is 0. The molecule has 3 rings (SSSR count). The monoisotopic (exact) mass is 312 g/mol. The zero-order valence-electron chi connectivity index (χ0n) is 12.3. The van der Waals surface area contributed by atoms with Gasteiger partial charge in [0.15, 0.2) is 5.06 Å². The van der Waals surface area contributed by atoms with Gasteiger partial charge in [-0.15, -0.1) is 11.3 Å². The summed E-state index contributed by atoms with van der Waals surface area (Å²) in [6.45, 7) is 4.15. The normalized spacial score (nSPS) is 14.2. The number of fused-ring (bicyclic) bond motifs is 1. The van der Waals surface area contributed by atoms with Crippen LogP contribution in [0.4, 0.5) is 0 Å².